The molecule has 0 bridgehead atoms. The van der Waals surface area contributed by atoms with Gasteiger partial charge in [-0.3, -0.25) is 4.79 Å². The largest absolute Gasteiger partial charge is 0.333 e. The van der Waals surface area contributed by atoms with Crippen LogP contribution in [0.25, 0.3) is 0 Å². The number of likely N-dealkylation sites (tertiary alicyclic amines) is 1. The van der Waals surface area contributed by atoms with E-state index in [-0.39, 0.29) is 0 Å². The number of nitrogens with one attached hydrogen (secondary N) is 1. The molecule has 2 fully saturated rings. The van der Waals surface area contributed by atoms with Crippen LogP contribution in [0, 0.1) is 5.92 Å². The fourth-order valence-electron chi connectivity index (χ4n) is 4.23. The number of carbonyl (C=O) groups excluding carboxylic acids is 1. The monoisotopic (exact) mass is 304 g/mol. The summed E-state index contributed by atoms with van der Waals surface area (Å²) in [6, 6.07) is 2.65. The second-order valence-electron chi connectivity index (χ2n) is 6.75. The molecular weight excluding hydrogens is 280 g/mol. The molecule has 0 saturated carbocycles. The molecule has 2 saturated heterocycles. The predicted molar refractivity (Wildman–Crippen MR) is 86.0 cm³/mol. The van der Waals surface area contributed by atoms with Gasteiger partial charge in [-0.15, -0.1) is 11.3 Å². The highest BCUT2D eigenvalue weighted by molar-refractivity contribution is 7.14. The van der Waals surface area contributed by atoms with E-state index in [9.17, 15) is 4.79 Å². The van der Waals surface area contributed by atoms with E-state index in [1.165, 1.54) is 55.4 Å². The average Bonchev–Trinajstić information content (AvgIpc) is 3.08. The lowest BCUT2D eigenvalue weighted by molar-refractivity contribution is 0.0580. The van der Waals surface area contributed by atoms with E-state index in [0.717, 1.165) is 24.5 Å². The first kappa shape index (κ1) is 13.8. The summed E-state index contributed by atoms with van der Waals surface area (Å²) < 4.78 is 0. The molecule has 4 rings (SSSR count). The van der Waals surface area contributed by atoms with Crippen molar-refractivity contribution in [3.05, 3.63) is 21.4 Å². The summed E-state index contributed by atoms with van der Waals surface area (Å²) in [5.74, 6) is 0.979. The van der Waals surface area contributed by atoms with Crippen molar-refractivity contribution in [2.45, 2.75) is 51.0 Å². The topological polar surface area (TPSA) is 32.3 Å². The molecule has 3 nitrogen and oxygen atoms in total. The van der Waals surface area contributed by atoms with Crippen LogP contribution in [0.3, 0.4) is 0 Å². The Morgan fingerprint density at radius 2 is 2.10 bits per heavy atom. The Morgan fingerprint density at radius 1 is 1.19 bits per heavy atom. The van der Waals surface area contributed by atoms with Crippen molar-refractivity contribution in [2.24, 2.45) is 5.92 Å². The first-order valence-electron chi connectivity index (χ1n) is 8.46. The van der Waals surface area contributed by atoms with Crippen LogP contribution in [0.5, 0.6) is 0 Å². The van der Waals surface area contributed by atoms with Crippen molar-refractivity contribution in [1.82, 2.24) is 10.2 Å². The SMILES string of the molecule is O=C(c1cc2c(s1)CCCCC2)N1CCCC2CNCC21. The number of nitrogens with zero attached hydrogens (tertiary/aromatic N) is 1. The highest BCUT2D eigenvalue weighted by atomic mass is 32.1. The minimum absolute atomic E-state index is 0.298. The van der Waals surface area contributed by atoms with Gasteiger partial charge in [0.15, 0.2) is 0 Å². The van der Waals surface area contributed by atoms with Crippen LogP contribution in [-0.2, 0) is 12.8 Å². The summed E-state index contributed by atoms with van der Waals surface area (Å²) in [4.78, 5) is 17.6. The molecule has 1 aromatic rings. The normalized spacial score (nSPS) is 28.9. The molecule has 2 aliphatic heterocycles. The van der Waals surface area contributed by atoms with Crippen molar-refractivity contribution in [3.8, 4) is 0 Å². The molecule has 21 heavy (non-hydrogen) atoms. The Kier molecular flexibility index (Phi) is 3.76. The number of hydrogen-bond acceptors (Lipinski definition) is 3. The van der Waals surface area contributed by atoms with E-state index in [2.05, 4.69) is 16.3 Å². The molecule has 0 spiro atoms. The van der Waals surface area contributed by atoms with Gasteiger partial charge in [-0.25, -0.2) is 0 Å². The number of thiophene rings is 1. The summed E-state index contributed by atoms with van der Waals surface area (Å²) in [5, 5.41) is 3.47. The zero-order valence-corrected chi connectivity index (χ0v) is 13.4. The highest BCUT2D eigenvalue weighted by Crippen LogP contribution is 2.32. The van der Waals surface area contributed by atoms with E-state index < -0.39 is 0 Å². The second kappa shape index (κ2) is 5.73. The summed E-state index contributed by atoms with van der Waals surface area (Å²) in [6.45, 7) is 3.03. The number of hydrogen-bond donors (Lipinski definition) is 1. The first-order chi connectivity index (χ1) is 10.3. The van der Waals surface area contributed by atoms with Crippen LogP contribution in [-0.4, -0.2) is 36.5 Å². The number of aryl methyl sites for hydroxylation is 2. The molecule has 0 aromatic carbocycles. The van der Waals surface area contributed by atoms with Gasteiger partial charge in [0, 0.05) is 30.6 Å². The van der Waals surface area contributed by atoms with Crippen LogP contribution in [0.2, 0.25) is 0 Å². The van der Waals surface area contributed by atoms with Gasteiger partial charge in [-0.1, -0.05) is 6.42 Å². The van der Waals surface area contributed by atoms with Gasteiger partial charge in [0.2, 0.25) is 0 Å². The molecule has 1 amide bonds. The van der Waals surface area contributed by atoms with Crippen LogP contribution in [0.4, 0.5) is 0 Å². The fourth-order valence-corrected chi connectivity index (χ4v) is 5.44. The van der Waals surface area contributed by atoms with Crippen molar-refractivity contribution in [2.75, 3.05) is 19.6 Å². The minimum Gasteiger partial charge on any atom is -0.333 e. The fraction of sp³-hybridized carbons (Fsp3) is 0.706. The quantitative estimate of drug-likeness (QED) is 0.809. The molecule has 3 aliphatic rings. The summed E-state index contributed by atoms with van der Waals surface area (Å²) in [6.07, 6.45) is 8.72. The molecule has 1 aromatic heterocycles. The molecule has 0 radical (unpaired) electrons. The third-order valence-corrected chi connectivity index (χ3v) is 6.62. The van der Waals surface area contributed by atoms with Crippen LogP contribution in [0.1, 0.15) is 52.2 Å². The summed E-state index contributed by atoms with van der Waals surface area (Å²) in [5.41, 5.74) is 1.46. The number of amides is 1. The Bertz CT molecular complexity index is 515. The van der Waals surface area contributed by atoms with Gasteiger partial charge in [0.1, 0.15) is 0 Å². The summed E-state index contributed by atoms with van der Waals surface area (Å²) in [7, 11) is 0. The molecule has 4 heteroatoms. The van der Waals surface area contributed by atoms with Crippen LogP contribution >= 0.6 is 11.3 Å². The molecule has 2 atom stereocenters. The Hall–Kier alpha value is -0.870. The maximum Gasteiger partial charge on any atom is 0.264 e. The molecule has 2 unspecified atom stereocenters. The van der Waals surface area contributed by atoms with Crippen molar-refractivity contribution in [1.29, 1.82) is 0 Å². The minimum atomic E-state index is 0.298. The zero-order chi connectivity index (χ0) is 14.2. The van der Waals surface area contributed by atoms with E-state index in [4.69, 9.17) is 0 Å². The Labute approximate surface area is 130 Å². The van der Waals surface area contributed by atoms with Gasteiger partial charge in [0.25, 0.3) is 5.91 Å². The van der Waals surface area contributed by atoms with Crippen LogP contribution < -0.4 is 5.32 Å². The smallest absolute Gasteiger partial charge is 0.264 e. The molecule has 1 N–H and O–H groups in total. The molecule has 114 valence electrons. The van der Waals surface area contributed by atoms with E-state index in [1.807, 2.05) is 0 Å². The van der Waals surface area contributed by atoms with Gasteiger partial charge in [0.05, 0.1) is 4.88 Å². The standard InChI is InChI=1S/C17H24N2OS/c20-17(19-8-4-6-13-10-18-11-14(13)19)16-9-12-5-2-1-3-7-15(12)21-16/h9,13-14,18H,1-8,10-11H2. The average molecular weight is 304 g/mol. The molecule has 1 aliphatic carbocycles. The van der Waals surface area contributed by atoms with Gasteiger partial charge in [-0.05, 0) is 56.1 Å². The second-order valence-corrected chi connectivity index (χ2v) is 7.88. The van der Waals surface area contributed by atoms with E-state index >= 15 is 0 Å². The summed E-state index contributed by atoms with van der Waals surface area (Å²) >= 11 is 1.77. The third kappa shape index (κ3) is 2.53. The number of fused-ring (bicyclic) bond motifs is 2. The lowest BCUT2D eigenvalue weighted by Crippen LogP contribution is -2.48. The lowest BCUT2D eigenvalue weighted by Gasteiger charge is -2.36. The molecule has 3 heterocycles. The first-order valence-corrected chi connectivity index (χ1v) is 9.28. The number of piperidine rings is 1. The van der Waals surface area contributed by atoms with Crippen molar-refractivity contribution < 1.29 is 4.79 Å². The maximum atomic E-state index is 13.0. The van der Waals surface area contributed by atoms with E-state index in [1.54, 1.807) is 11.3 Å². The maximum absolute atomic E-state index is 13.0. The predicted octanol–water partition coefficient (Wildman–Crippen LogP) is 2.84. The lowest BCUT2D eigenvalue weighted by atomic mass is 9.92. The third-order valence-electron chi connectivity index (χ3n) is 5.40. The number of carbonyl (C=O) groups is 1. The van der Waals surface area contributed by atoms with Gasteiger partial charge in [-0.2, -0.15) is 0 Å². The Balaban J connectivity index is 1.56. The Morgan fingerprint density at radius 3 is 3.05 bits per heavy atom. The van der Waals surface area contributed by atoms with Crippen LogP contribution in [0.15, 0.2) is 6.07 Å². The number of rotatable bonds is 1. The molecular formula is C17H24N2OS. The zero-order valence-electron chi connectivity index (χ0n) is 12.6. The highest BCUT2D eigenvalue weighted by Gasteiger charge is 2.38. The van der Waals surface area contributed by atoms with Crippen molar-refractivity contribution >= 4 is 17.2 Å². The van der Waals surface area contributed by atoms with E-state index in [0.29, 0.717) is 17.9 Å². The van der Waals surface area contributed by atoms with Gasteiger partial charge >= 0.3 is 0 Å². The van der Waals surface area contributed by atoms with Crippen molar-refractivity contribution in [3.63, 3.8) is 0 Å². The van der Waals surface area contributed by atoms with Gasteiger partial charge < -0.3 is 10.2 Å².